The number of hydrogen-bond acceptors (Lipinski definition) is 2. The molecule has 0 bridgehead atoms. The lowest BCUT2D eigenvalue weighted by atomic mass is 10.1. The van der Waals surface area contributed by atoms with E-state index in [4.69, 9.17) is 5.73 Å². The van der Waals surface area contributed by atoms with Crippen molar-refractivity contribution in [3.63, 3.8) is 0 Å². The minimum atomic E-state index is -0.133. The van der Waals surface area contributed by atoms with Crippen molar-refractivity contribution in [2.45, 2.75) is 42.2 Å². The lowest BCUT2D eigenvalue weighted by Gasteiger charge is -2.10. The van der Waals surface area contributed by atoms with Crippen molar-refractivity contribution in [2.75, 3.05) is 6.54 Å². The molecule has 0 saturated heterocycles. The van der Waals surface area contributed by atoms with Crippen molar-refractivity contribution in [1.82, 2.24) is 0 Å². The number of hydrogen-bond donors (Lipinski definition) is 1. The molecule has 1 aromatic rings. The van der Waals surface area contributed by atoms with Gasteiger partial charge in [0.15, 0.2) is 0 Å². The van der Waals surface area contributed by atoms with Crippen LogP contribution in [0.5, 0.6) is 0 Å². The highest BCUT2D eigenvalue weighted by Crippen LogP contribution is 2.35. The van der Waals surface area contributed by atoms with Crippen LogP contribution >= 0.6 is 11.8 Å². The lowest BCUT2D eigenvalue weighted by Crippen LogP contribution is -2.03. The van der Waals surface area contributed by atoms with Crippen molar-refractivity contribution >= 4 is 11.8 Å². The van der Waals surface area contributed by atoms with E-state index in [1.54, 1.807) is 12.1 Å². The van der Waals surface area contributed by atoms with E-state index in [1.165, 1.54) is 25.7 Å². The largest absolute Gasteiger partial charge is 0.330 e. The molecule has 0 aliphatic heterocycles. The molecule has 16 heavy (non-hydrogen) atoms. The monoisotopic (exact) mass is 239 g/mol. The average molecular weight is 239 g/mol. The van der Waals surface area contributed by atoms with E-state index >= 15 is 0 Å². The first kappa shape index (κ1) is 11.9. The quantitative estimate of drug-likeness (QED) is 0.872. The molecule has 1 fully saturated rings. The Hall–Kier alpha value is -0.540. The fourth-order valence-electron chi connectivity index (χ4n) is 2.20. The van der Waals surface area contributed by atoms with Crippen LogP contribution in [0.15, 0.2) is 23.1 Å². The second kappa shape index (κ2) is 5.69. The molecule has 1 aliphatic carbocycles. The molecular weight excluding hydrogens is 221 g/mol. The van der Waals surface area contributed by atoms with Crippen LogP contribution in [0.4, 0.5) is 4.39 Å². The molecule has 0 radical (unpaired) electrons. The number of thioether (sulfide) groups is 1. The maximum Gasteiger partial charge on any atom is 0.124 e. The summed E-state index contributed by atoms with van der Waals surface area (Å²) < 4.78 is 13.4. The second-order valence-corrected chi connectivity index (χ2v) is 5.73. The summed E-state index contributed by atoms with van der Waals surface area (Å²) in [6.45, 7) is 0.580. The summed E-state index contributed by atoms with van der Waals surface area (Å²) in [5, 5.41) is 0.688. The minimum Gasteiger partial charge on any atom is -0.330 e. The molecule has 1 aliphatic rings. The zero-order valence-corrected chi connectivity index (χ0v) is 10.2. The van der Waals surface area contributed by atoms with Gasteiger partial charge in [0.25, 0.3) is 0 Å². The van der Waals surface area contributed by atoms with Gasteiger partial charge < -0.3 is 5.73 Å². The summed E-state index contributed by atoms with van der Waals surface area (Å²) in [6, 6.07) is 5.31. The molecular formula is C13H18FNS. The van der Waals surface area contributed by atoms with E-state index in [0.717, 1.165) is 16.9 Å². The molecule has 2 rings (SSSR count). The summed E-state index contributed by atoms with van der Waals surface area (Å²) in [5.74, 6) is -0.133. The Balaban J connectivity index is 2.06. The Bertz CT molecular complexity index is 348. The van der Waals surface area contributed by atoms with Crippen LogP contribution in [0.25, 0.3) is 0 Å². The summed E-state index contributed by atoms with van der Waals surface area (Å²) in [7, 11) is 0. The molecule has 0 aromatic heterocycles. The van der Waals surface area contributed by atoms with E-state index in [9.17, 15) is 4.39 Å². The Morgan fingerprint density at radius 2 is 2.00 bits per heavy atom. The molecule has 0 heterocycles. The zero-order chi connectivity index (χ0) is 11.4. The fourth-order valence-corrected chi connectivity index (χ4v) is 3.55. The standard InChI is InChI=1S/C13H18FNS/c14-11-7-10(5-6-15)8-13(9-11)16-12-3-1-2-4-12/h7-9,12H,1-6,15H2. The molecule has 1 nitrogen and oxygen atoms in total. The SMILES string of the molecule is NCCc1cc(F)cc(SC2CCCC2)c1. The van der Waals surface area contributed by atoms with E-state index in [-0.39, 0.29) is 5.82 Å². The van der Waals surface area contributed by atoms with Crippen LogP contribution in [0.3, 0.4) is 0 Å². The predicted molar refractivity (Wildman–Crippen MR) is 67.3 cm³/mol. The van der Waals surface area contributed by atoms with Crippen LogP contribution in [-0.4, -0.2) is 11.8 Å². The van der Waals surface area contributed by atoms with Gasteiger partial charge in [0.2, 0.25) is 0 Å². The first-order valence-corrected chi connectivity index (χ1v) is 6.82. The van der Waals surface area contributed by atoms with Gasteiger partial charge in [-0.05, 0) is 49.6 Å². The summed E-state index contributed by atoms with van der Waals surface area (Å²) in [5.41, 5.74) is 6.51. The van der Waals surface area contributed by atoms with Crippen LogP contribution in [0.2, 0.25) is 0 Å². The van der Waals surface area contributed by atoms with Gasteiger partial charge >= 0.3 is 0 Å². The molecule has 0 atom stereocenters. The first-order valence-electron chi connectivity index (χ1n) is 5.94. The third-order valence-corrected chi connectivity index (χ3v) is 4.28. The van der Waals surface area contributed by atoms with Crippen molar-refractivity contribution in [3.05, 3.63) is 29.6 Å². The minimum absolute atomic E-state index is 0.133. The average Bonchev–Trinajstić information content (AvgIpc) is 2.70. The van der Waals surface area contributed by atoms with Crippen molar-refractivity contribution in [2.24, 2.45) is 5.73 Å². The fraction of sp³-hybridized carbons (Fsp3) is 0.538. The molecule has 1 aromatic carbocycles. The second-order valence-electron chi connectivity index (χ2n) is 4.36. The molecule has 3 heteroatoms. The van der Waals surface area contributed by atoms with Crippen molar-refractivity contribution < 1.29 is 4.39 Å². The van der Waals surface area contributed by atoms with Crippen molar-refractivity contribution in [3.8, 4) is 0 Å². The van der Waals surface area contributed by atoms with E-state index in [2.05, 4.69) is 6.07 Å². The third-order valence-electron chi connectivity index (χ3n) is 2.97. The van der Waals surface area contributed by atoms with Gasteiger partial charge in [-0.2, -0.15) is 0 Å². The zero-order valence-electron chi connectivity index (χ0n) is 9.42. The third kappa shape index (κ3) is 3.22. The predicted octanol–water partition coefficient (Wildman–Crippen LogP) is 3.36. The Kier molecular flexibility index (Phi) is 4.24. The smallest absolute Gasteiger partial charge is 0.124 e. The van der Waals surface area contributed by atoms with Crippen LogP contribution in [-0.2, 0) is 6.42 Å². The number of nitrogens with two attached hydrogens (primary N) is 1. The molecule has 0 unspecified atom stereocenters. The van der Waals surface area contributed by atoms with Gasteiger partial charge in [-0.1, -0.05) is 12.8 Å². The normalized spacial score (nSPS) is 16.9. The van der Waals surface area contributed by atoms with Gasteiger partial charge in [-0.3, -0.25) is 0 Å². The Labute approximate surface area is 101 Å². The van der Waals surface area contributed by atoms with Crippen LogP contribution < -0.4 is 5.73 Å². The highest BCUT2D eigenvalue weighted by Gasteiger charge is 2.16. The van der Waals surface area contributed by atoms with Gasteiger partial charge in [0.1, 0.15) is 5.82 Å². The van der Waals surface area contributed by atoms with Crippen LogP contribution in [0, 0.1) is 5.82 Å². The number of benzene rings is 1. The van der Waals surface area contributed by atoms with Crippen LogP contribution in [0.1, 0.15) is 31.2 Å². The Morgan fingerprint density at radius 3 is 2.69 bits per heavy atom. The maximum atomic E-state index is 13.4. The maximum absolute atomic E-state index is 13.4. The first-order chi connectivity index (χ1) is 7.78. The highest BCUT2D eigenvalue weighted by molar-refractivity contribution is 8.00. The van der Waals surface area contributed by atoms with Gasteiger partial charge in [-0.25, -0.2) is 4.39 Å². The molecule has 0 spiro atoms. The molecule has 0 amide bonds. The van der Waals surface area contributed by atoms with Gasteiger partial charge in [-0.15, -0.1) is 11.8 Å². The lowest BCUT2D eigenvalue weighted by molar-refractivity contribution is 0.621. The summed E-state index contributed by atoms with van der Waals surface area (Å²) in [6.07, 6.45) is 5.95. The van der Waals surface area contributed by atoms with E-state index in [0.29, 0.717) is 11.8 Å². The molecule has 2 N–H and O–H groups in total. The topological polar surface area (TPSA) is 26.0 Å². The molecule has 1 saturated carbocycles. The number of halogens is 1. The van der Waals surface area contributed by atoms with Crippen molar-refractivity contribution in [1.29, 1.82) is 0 Å². The van der Waals surface area contributed by atoms with E-state index in [1.807, 2.05) is 11.8 Å². The Morgan fingerprint density at radius 1 is 1.25 bits per heavy atom. The van der Waals surface area contributed by atoms with E-state index < -0.39 is 0 Å². The molecule has 88 valence electrons. The van der Waals surface area contributed by atoms with Gasteiger partial charge in [0.05, 0.1) is 0 Å². The highest BCUT2D eigenvalue weighted by atomic mass is 32.2. The summed E-state index contributed by atoms with van der Waals surface area (Å²) >= 11 is 1.82. The summed E-state index contributed by atoms with van der Waals surface area (Å²) in [4.78, 5) is 1.07. The van der Waals surface area contributed by atoms with Gasteiger partial charge in [0, 0.05) is 10.1 Å². The number of rotatable bonds is 4.